The Balaban J connectivity index is 2.62. The van der Waals surface area contributed by atoms with Crippen LogP contribution in [-0.2, 0) is 6.42 Å². The number of nitrogens with zero attached hydrogens (tertiary/aromatic N) is 1. The fourth-order valence-corrected chi connectivity index (χ4v) is 1.83. The monoisotopic (exact) mass is 185 g/mol. The van der Waals surface area contributed by atoms with Gasteiger partial charge in [-0.3, -0.25) is 4.98 Å². The SMILES string of the molecule is CCCc1cccc2cc(C)ncc12. The third-order valence-corrected chi connectivity index (χ3v) is 2.51. The highest BCUT2D eigenvalue weighted by atomic mass is 14.7. The molecule has 1 heterocycles. The van der Waals surface area contributed by atoms with Crippen molar-refractivity contribution >= 4 is 10.8 Å². The lowest BCUT2D eigenvalue weighted by atomic mass is 10.0. The van der Waals surface area contributed by atoms with Gasteiger partial charge in [-0.2, -0.15) is 0 Å². The normalized spacial score (nSPS) is 10.7. The number of hydrogen-bond donors (Lipinski definition) is 0. The standard InChI is InChI=1S/C13H15N/c1-3-5-11-6-4-7-12-8-10(2)14-9-13(11)12/h4,6-9H,3,5H2,1-2H3. The first-order chi connectivity index (χ1) is 6.81. The number of pyridine rings is 1. The average molecular weight is 185 g/mol. The topological polar surface area (TPSA) is 12.9 Å². The summed E-state index contributed by atoms with van der Waals surface area (Å²) in [6.45, 7) is 4.24. The first kappa shape index (κ1) is 9.20. The Morgan fingerprint density at radius 2 is 2.14 bits per heavy atom. The van der Waals surface area contributed by atoms with Crippen LogP contribution in [0.4, 0.5) is 0 Å². The molecule has 1 aromatic carbocycles. The lowest BCUT2D eigenvalue weighted by Gasteiger charge is -2.05. The van der Waals surface area contributed by atoms with E-state index in [4.69, 9.17) is 0 Å². The van der Waals surface area contributed by atoms with Crippen molar-refractivity contribution in [2.24, 2.45) is 0 Å². The molecule has 2 rings (SSSR count). The van der Waals surface area contributed by atoms with Crippen LogP contribution in [0.2, 0.25) is 0 Å². The van der Waals surface area contributed by atoms with E-state index in [0.717, 1.165) is 12.1 Å². The number of hydrogen-bond acceptors (Lipinski definition) is 1. The van der Waals surface area contributed by atoms with E-state index in [1.54, 1.807) is 0 Å². The Morgan fingerprint density at radius 1 is 1.29 bits per heavy atom. The van der Waals surface area contributed by atoms with Gasteiger partial charge in [-0.1, -0.05) is 31.5 Å². The van der Waals surface area contributed by atoms with Crippen LogP contribution < -0.4 is 0 Å². The van der Waals surface area contributed by atoms with E-state index < -0.39 is 0 Å². The average Bonchev–Trinajstić information content (AvgIpc) is 2.18. The minimum atomic E-state index is 1.09. The first-order valence-electron chi connectivity index (χ1n) is 5.15. The quantitative estimate of drug-likeness (QED) is 0.697. The molecule has 0 aliphatic heterocycles. The summed E-state index contributed by atoms with van der Waals surface area (Å²) in [5.41, 5.74) is 2.50. The van der Waals surface area contributed by atoms with E-state index >= 15 is 0 Å². The number of benzene rings is 1. The smallest absolute Gasteiger partial charge is 0.0379 e. The largest absolute Gasteiger partial charge is 0.261 e. The Labute approximate surface area is 84.8 Å². The van der Waals surface area contributed by atoms with Crippen molar-refractivity contribution in [3.63, 3.8) is 0 Å². The van der Waals surface area contributed by atoms with Gasteiger partial charge in [0.25, 0.3) is 0 Å². The first-order valence-corrected chi connectivity index (χ1v) is 5.15. The second kappa shape index (κ2) is 3.79. The van der Waals surface area contributed by atoms with Gasteiger partial charge >= 0.3 is 0 Å². The summed E-state index contributed by atoms with van der Waals surface area (Å²) in [5.74, 6) is 0. The molecule has 0 saturated heterocycles. The molecular weight excluding hydrogens is 170 g/mol. The van der Waals surface area contributed by atoms with Gasteiger partial charge in [0.1, 0.15) is 0 Å². The van der Waals surface area contributed by atoms with Crippen LogP contribution in [-0.4, -0.2) is 4.98 Å². The summed E-state index contributed by atoms with van der Waals surface area (Å²) in [5, 5.41) is 2.61. The van der Waals surface area contributed by atoms with Crippen LogP contribution in [0, 0.1) is 6.92 Å². The molecule has 1 heteroatoms. The highest BCUT2D eigenvalue weighted by Crippen LogP contribution is 2.19. The van der Waals surface area contributed by atoms with E-state index in [-0.39, 0.29) is 0 Å². The second-order valence-corrected chi connectivity index (χ2v) is 3.71. The maximum absolute atomic E-state index is 4.35. The lowest BCUT2D eigenvalue weighted by molar-refractivity contribution is 0.929. The molecule has 0 amide bonds. The van der Waals surface area contributed by atoms with Gasteiger partial charge in [-0.15, -0.1) is 0 Å². The van der Waals surface area contributed by atoms with Gasteiger partial charge in [0, 0.05) is 17.3 Å². The van der Waals surface area contributed by atoms with Gasteiger partial charge in [-0.05, 0) is 30.4 Å². The summed E-state index contributed by atoms with van der Waals surface area (Å²) in [6.07, 6.45) is 4.32. The minimum Gasteiger partial charge on any atom is -0.261 e. The van der Waals surface area contributed by atoms with E-state index in [0.29, 0.717) is 0 Å². The zero-order valence-corrected chi connectivity index (χ0v) is 8.75. The third-order valence-electron chi connectivity index (χ3n) is 2.51. The van der Waals surface area contributed by atoms with Crippen LogP contribution in [0.15, 0.2) is 30.5 Å². The molecule has 2 aromatic rings. The molecule has 0 aliphatic rings. The predicted molar refractivity (Wildman–Crippen MR) is 60.5 cm³/mol. The van der Waals surface area contributed by atoms with Gasteiger partial charge in [0.2, 0.25) is 0 Å². The molecule has 0 radical (unpaired) electrons. The maximum Gasteiger partial charge on any atom is 0.0379 e. The zero-order valence-electron chi connectivity index (χ0n) is 8.75. The number of aryl methyl sites for hydroxylation is 2. The summed E-state index contributed by atoms with van der Waals surface area (Å²) >= 11 is 0. The van der Waals surface area contributed by atoms with Crippen LogP contribution in [0.1, 0.15) is 24.6 Å². The van der Waals surface area contributed by atoms with E-state index in [2.05, 4.69) is 36.2 Å². The molecule has 1 aromatic heterocycles. The third kappa shape index (κ3) is 1.63. The minimum absolute atomic E-state index is 1.09. The molecule has 14 heavy (non-hydrogen) atoms. The Morgan fingerprint density at radius 3 is 2.93 bits per heavy atom. The molecule has 0 spiro atoms. The van der Waals surface area contributed by atoms with Crippen LogP contribution in [0.5, 0.6) is 0 Å². The molecule has 0 atom stereocenters. The summed E-state index contributed by atoms with van der Waals surface area (Å²) < 4.78 is 0. The van der Waals surface area contributed by atoms with Crippen molar-refractivity contribution in [1.82, 2.24) is 4.98 Å². The van der Waals surface area contributed by atoms with Gasteiger partial charge in [0.15, 0.2) is 0 Å². The van der Waals surface area contributed by atoms with E-state index in [1.165, 1.54) is 22.8 Å². The van der Waals surface area contributed by atoms with Crippen LogP contribution >= 0.6 is 0 Å². The lowest BCUT2D eigenvalue weighted by Crippen LogP contribution is -1.88. The molecule has 72 valence electrons. The van der Waals surface area contributed by atoms with Crippen molar-refractivity contribution < 1.29 is 0 Å². The van der Waals surface area contributed by atoms with Gasteiger partial charge < -0.3 is 0 Å². The van der Waals surface area contributed by atoms with Crippen LogP contribution in [0.3, 0.4) is 0 Å². The Kier molecular flexibility index (Phi) is 2.49. The van der Waals surface area contributed by atoms with Crippen molar-refractivity contribution in [2.45, 2.75) is 26.7 Å². The molecule has 1 nitrogen and oxygen atoms in total. The Bertz CT molecular complexity index is 446. The molecule has 0 saturated carbocycles. The van der Waals surface area contributed by atoms with Crippen molar-refractivity contribution in [3.05, 3.63) is 41.7 Å². The van der Waals surface area contributed by atoms with Gasteiger partial charge in [0.05, 0.1) is 0 Å². The molecule has 0 fully saturated rings. The molecule has 0 N–H and O–H groups in total. The number of aromatic nitrogens is 1. The molecular formula is C13H15N. The number of rotatable bonds is 2. The highest BCUT2D eigenvalue weighted by Gasteiger charge is 2.00. The summed E-state index contributed by atoms with van der Waals surface area (Å²) in [7, 11) is 0. The van der Waals surface area contributed by atoms with Crippen molar-refractivity contribution in [3.8, 4) is 0 Å². The summed E-state index contributed by atoms with van der Waals surface area (Å²) in [4.78, 5) is 4.35. The van der Waals surface area contributed by atoms with Crippen molar-refractivity contribution in [1.29, 1.82) is 0 Å². The fourth-order valence-electron chi connectivity index (χ4n) is 1.83. The predicted octanol–water partition coefficient (Wildman–Crippen LogP) is 3.50. The maximum atomic E-state index is 4.35. The fraction of sp³-hybridized carbons (Fsp3) is 0.308. The molecule has 0 aliphatic carbocycles. The number of fused-ring (bicyclic) bond motifs is 1. The molecule has 0 bridgehead atoms. The Hall–Kier alpha value is -1.37. The highest BCUT2D eigenvalue weighted by molar-refractivity contribution is 5.85. The summed E-state index contributed by atoms with van der Waals surface area (Å²) in [6, 6.07) is 8.63. The van der Waals surface area contributed by atoms with E-state index in [1.807, 2.05) is 13.1 Å². The molecule has 0 unspecified atom stereocenters. The zero-order chi connectivity index (χ0) is 9.97. The van der Waals surface area contributed by atoms with Crippen molar-refractivity contribution in [2.75, 3.05) is 0 Å². The van der Waals surface area contributed by atoms with Crippen LogP contribution in [0.25, 0.3) is 10.8 Å². The second-order valence-electron chi connectivity index (χ2n) is 3.71. The van der Waals surface area contributed by atoms with E-state index in [9.17, 15) is 0 Å². The van der Waals surface area contributed by atoms with Gasteiger partial charge in [-0.25, -0.2) is 0 Å².